The van der Waals surface area contributed by atoms with Crippen molar-refractivity contribution in [3.63, 3.8) is 0 Å². The Morgan fingerprint density at radius 2 is 2.21 bits per heavy atom. The highest BCUT2D eigenvalue weighted by Gasteiger charge is 2.32. The summed E-state index contributed by atoms with van der Waals surface area (Å²) in [5.74, 6) is 0.475. The summed E-state index contributed by atoms with van der Waals surface area (Å²) in [6.45, 7) is 5.62. The lowest BCUT2D eigenvalue weighted by Gasteiger charge is -2.24. The highest BCUT2D eigenvalue weighted by atomic mass is 16.2. The highest BCUT2D eigenvalue weighted by Crippen LogP contribution is 2.28. The van der Waals surface area contributed by atoms with Crippen molar-refractivity contribution in [1.82, 2.24) is 4.90 Å². The number of hydrogen-bond acceptors (Lipinski definition) is 2. The number of carbonyl (C=O) groups excluding carboxylic acids is 1. The molecule has 82 valence electrons. The number of nitrogens with zero attached hydrogens (tertiary/aromatic N) is 1. The quantitative estimate of drug-likeness (QED) is 0.700. The van der Waals surface area contributed by atoms with Gasteiger partial charge in [0, 0.05) is 18.5 Å². The molecule has 1 aliphatic rings. The molecule has 3 heteroatoms. The minimum absolute atomic E-state index is 0.152. The van der Waals surface area contributed by atoms with E-state index < -0.39 is 0 Å². The van der Waals surface area contributed by atoms with Crippen molar-refractivity contribution in [2.75, 3.05) is 13.1 Å². The lowest BCUT2D eigenvalue weighted by molar-refractivity contribution is -0.135. The van der Waals surface area contributed by atoms with Gasteiger partial charge in [0.05, 0.1) is 0 Å². The van der Waals surface area contributed by atoms with Crippen molar-refractivity contribution in [3.05, 3.63) is 0 Å². The molecule has 1 saturated carbocycles. The van der Waals surface area contributed by atoms with E-state index in [0.717, 1.165) is 19.4 Å². The van der Waals surface area contributed by atoms with E-state index in [1.807, 2.05) is 11.8 Å². The van der Waals surface area contributed by atoms with E-state index in [4.69, 9.17) is 5.73 Å². The fourth-order valence-corrected chi connectivity index (χ4v) is 1.81. The van der Waals surface area contributed by atoms with Gasteiger partial charge in [-0.15, -0.1) is 0 Å². The van der Waals surface area contributed by atoms with Crippen molar-refractivity contribution in [3.8, 4) is 0 Å². The van der Waals surface area contributed by atoms with Crippen LogP contribution < -0.4 is 5.73 Å². The molecular formula is C11H22N2O. The Morgan fingerprint density at radius 3 is 2.64 bits per heavy atom. The first kappa shape index (κ1) is 11.5. The second-order valence-electron chi connectivity index (χ2n) is 4.19. The number of carbonyl (C=O) groups is 1. The molecule has 0 spiro atoms. The van der Waals surface area contributed by atoms with Crippen LogP contribution in [0.4, 0.5) is 0 Å². The highest BCUT2D eigenvalue weighted by molar-refractivity contribution is 5.79. The summed E-state index contributed by atoms with van der Waals surface area (Å²) in [5, 5.41) is 0. The molecule has 0 radical (unpaired) electrons. The maximum atomic E-state index is 11.9. The van der Waals surface area contributed by atoms with E-state index in [0.29, 0.717) is 18.5 Å². The van der Waals surface area contributed by atoms with Crippen LogP contribution in [0.1, 0.15) is 39.5 Å². The van der Waals surface area contributed by atoms with Gasteiger partial charge in [-0.1, -0.05) is 6.92 Å². The van der Waals surface area contributed by atoms with Gasteiger partial charge in [-0.05, 0) is 39.2 Å². The van der Waals surface area contributed by atoms with E-state index >= 15 is 0 Å². The van der Waals surface area contributed by atoms with Crippen LogP contribution >= 0.6 is 0 Å². The van der Waals surface area contributed by atoms with Gasteiger partial charge in [0.15, 0.2) is 0 Å². The summed E-state index contributed by atoms with van der Waals surface area (Å²) in [7, 11) is 0. The average molecular weight is 198 g/mol. The SMILES string of the molecule is CCN(C(=O)C(C)CCCN)C1CC1. The molecule has 1 rings (SSSR count). The molecule has 3 nitrogen and oxygen atoms in total. The molecular weight excluding hydrogens is 176 g/mol. The van der Waals surface area contributed by atoms with Crippen molar-refractivity contribution < 1.29 is 4.79 Å². The second-order valence-corrected chi connectivity index (χ2v) is 4.19. The van der Waals surface area contributed by atoms with Crippen LogP contribution in [-0.2, 0) is 4.79 Å². The van der Waals surface area contributed by atoms with Gasteiger partial charge in [0.25, 0.3) is 0 Å². The van der Waals surface area contributed by atoms with Gasteiger partial charge in [0.2, 0.25) is 5.91 Å². The molecule has 0 aromatic heterocycles. The van der Waals surface area contributed by atoms with E-state index in [9.17, 15) is 4.79 Å². The van der Waals surface area contributed by atoms with Crippen molar-refractivity contribution in [1.29, 1.82) is 0 Å². The Balaban J connectivity index is 2.36. The number of nitrogens with two attached hydrogens (primary N) is 1. The summed E-state index contributed by atoms with van der Waals surface area (Å²) >= 11 is 0. The zero-order chi connectivity index (χ0) is 10.6. The molecule has 1 unspecified atom stereocenters. The summed E-state index contributed by atoms with van der Waals surface area (Å²) in [4.78, 5) is 14.0. The van der Waals surface area contributed by atoms with Crippen LogP contribution in [0, 0.1) is 5.92 Å². The molecule has 1 amide bonds. The molecule has 14 heavy (non-hydrogen) atoms. The maximum absolute atomic E-state index is 11.9. The largest absolute Gasteiger partial charge is 0.340 e. The predicted molar refractivity (Wildman–Crippen MR) is 57.9 cm³/mol. The molecule has 2 N–H and O–H groups in total. The molecule has 0 aromatic carbocycles. The molecule has 1 atom stereocenters. The van der Waals surface area contributed by atoms with Crippen LogP contribution in [0.2, 0.25) is 0 Å². The number of hydrogen-bond donors (Lipinski definition) is 1. The number of rotatable bonds is 6. The Labute approximate surface area is 86.6 Å². The third-order valence-corrected chi connectivity index (χ3v) is 2.87. The Morgan fingerprint density at radius 1 is 1.57 bits per heavy atom. The van der Waals surface area contributed by atoms with E-state index in [1.165, 1.54) is 12.8 Å². The van der Waals surface area contributed by atoms with Crippen LogP contribution in [0.5, 0.6) is 0 Å². The van der Waals surface area contributed by atoms with Gasteiger partial charge >= 0.3 is 0 Å². The molecule has 1 aliphatic carbocycles. The number of amides is 1. The Bertz CT molecular complexity index is 190. The Kier molecular flexibility index (Phi) is 4.39. The van der Waals surface area contributed by atoms with Gasteiger partial charge in [0.1, 0.15) is 0 Å². The van der Waals surface area contributed by atoms with E-state index in [1.54, 1.807) is 0 Å². The monoisotopic (exact) mass is 198 g/mol. The fourth-order valence-electron chi connectivity index (χ4n) is 1.81. The molecule has 1 fully saturated rings. The second kappa shape index (κ2) is 5.35. The van der Waals surface area contributed by atoms with Gasteiger partial charge in [-0.3, -0.25) is 4.79 Å². The smallest absolute Gasteiger partial charge is 0.225 e. The zero-order valence-electron chi connectivity index (χ0n) is 9.33. The lowest BCUT2D eigenvalue weighted by atomic mass is 10.0. The van der Waals surface area contributed by atoms with E-state index in [-0.39, 0.29) is 5.92 Å². The molecule has 0 heterocycles. The van der Waals surface area contributed by atoms with Gasteiger partial charge < -0.3 is 10.6 Å². The van der Waals surface area contributed by atoms with Crippen LogP contribution in [0.25, 0.3) is 0 Å². The normalized spacial score (nSPS) is 17.9. The Hall–Kier alpha value is -0.570. The summed E-state index contributed by atoms with van der Waals surface area (Å²) in [6, 6.07) is 0.549. The first-order chi connectivity index (χ1) is 6.70. The van der Waals surface area contributed by atoms with Crippen LogP contribution in [0.3, 0.4) is 0 Å². The van der Waals surface area contributed by atoms with Crippen molar-refractivity contribution in [2.45, 2.75) is 45.6 Å². The summed E-state index contributed by atoms with van der Waals surface area (Å²) in [6.07, 6.45) is 4.28. The van der Waals surface area contributed by atoms with Crippen LogP contribution in [-0.4, -0.2) is 29.9 Å². The average Bonchev–Trinajstić information content (AvgIpc) is 2.99. The minimum atomic E-state index is 0.152. The van der Waals surface area contributed by atoms with E-state index in [2.05, 4.69) is 6.92 Å². The third-order valence-electron chi connectivity index (χ3n) is 2.87. The predicted octanol–water partition coefficient (Wildman–Crippen LogP) is 1.37. The van der Waals surface area contributed by atoms with Crippen molar-refractivity contribution in [2.24, 2.45) is 11.7 Å². The molecule has 0 bridgehead atoms. The van der Waals surface area contributed by atoms with Crippen molar-refractivity contribution >= 4 is 5.91 Å². The topological polar surface area (TPSA) is 46.3 Å². The summed E-state index contributed by atoms with van der Waals surface area (Å²) < 4.78 is 0. The fraction of sp³-hybridized carbons (Fsp3) is 0.909. The minimum Gasteiger partial charge on any atom is -0.340 e. The first-order valence-electron chi connectivity index (χ1n) is 5.71. The maximum Gasteiger partial charge on any atom is 0.225 e. The molecule has 0 saturated heterocycles. The lowest BCUT2D eigenvalue weighted by Crippen LogP contribution is -2.36. The molecule has 0 aromatic rings. The van der Waals surface area contributed by atoms with Gasteiger partial charge in [-0.25, -0.2) is 0 Å². The molecule has 0 aliphatic heterocycles. The van der Waals surface area contributed by atoms with Crippen LogP contribution in [0.15, 0.2) is 0 Å². The zero-order valence-corrected chi connectivity index (χ0v) is 9.33. The standard InChI is InChI=1S/C11H22N2O/c1-3-13(10-6-7-10)11(14)9(2)5-4-8-12/h9-10H,3-8,12H2,1-2H3. The van der Waals surface area contributed by atoms with Gasteiger partial charge in [-0.2, -0.15) is 0 Å². The summed E-state index contributed by atoms with van der Waals surface area (Å²) in [5.41, 5.74) is 5.43. The third kappa shape index (κ3) is 2.98. The first-order valence-corrected chi connectivity index (χ1v) is 5.71.